The summed E-state index contributed by atoms with van der Waals surface area (Å²) in [7, 11) is 1.95. The molecule has 0 fully saturated rings. The molecule has 0 saturated heterocycles. The first-order chi connectivity index (χ1) is 8.83. The monoisotopic (exact) mass is 385 g/mol. The number of rotatable bonds is 3. The van der Waals surface area contributed by atoms with Crippen molar-refractivity contribution in [2.24, 2.45) is 12.8 Å². The molecule has 0 saturated carbocycles. The summed E-state index contributed by atoms with van der Waals surface area (Å²) in [6.45, 7) is 4.03. The lowest BCUT2D eigenvalue weighted by molar-refractivity contribution is 0.469. The Kier molecular flexibility index (Phi) is 4.18. The lowest BCUT2D eigenvalue weighted by Crippen LogP contribution is -2.36. The van der Waals surface area contributed by atoms with Gasteiger partial charge in [-0.25, -0.2) is 0 Å². The molecule has 3 nitrogen and oxygen atoms in total. The van der Waals surface area contributed by atoms with Crippen LogP contribution < -0.4 is 5.73 Å². The van der Waals surface area contributed by atoms with Crippen molar-refractivity contribution in [3.8, 4) is 0 Å². The molecule has 1 aromatic carbocycles. The largest absolute Gasteiger partial charge is 0.321 e. The van der Waals surface area contributed by atoms with Crippen LogP contribution in [0.5, 0.6) is 0 Å². The van der Waals surface area contributed by atoms with Crippen LogP contribution in [0.25, 0.3) is 0 Å². The molecule has 0 aliphatic carbocycles. The number of halogens is 2. The van der Waals surface area contributed by atoms with Gasteiger partial charge in [-0.2, -0.15) is 5.10 Å². The molecule has 1 atom stereocenters. The summed E-state index contributed by atoms with van der Waals surface area (Å²) in [6, 6.07) is 8.08. The van der Waals surface area contributed by atoms with Gasteiger partial charge < -0.3 is 5.73 Å². The van der Waals surface area contributed by atoms with Crippen molar-refractivity contribution in [2.75, 3.05) is 0 Å². The Labute approximate surface area is 130 Å². The van der Waals surface area contributed by atoms with E-state index in [0.29, 0.717) is 6.42 Å². The predicted octanol–water partition coefficient (Wildman–Crippen LogP) is 3.67. The SMILES string of the molecule is Cc1nn(C)c(CC(C)(N)c2ccccc2Br)c1Br. The van der Waals surface area contributed by atoms with Crippen LogP contribution in [0.15, 0.2) is 33.2 Å². The molecular weight excluding hydrogens is 370 g/mol. The number of nitrogens with zero attached hydrogens (tertiary/aromatic N) is 2. The Morgan fingerprint density at radius 2 is 1.95 bits per heavy atom. The van der Waals surface area contributed by atoms with Gasteiger partial charge in [0.1, 0.15) is 0 Å². The molecule has 0 amide bonds. The number of aromatic nitrogens is 2. The molecule has 1 heterocycles. The van der Waals surface area contributed by atoms with Gasteiger partial charge in [-0.1, -0.05) is 34.1 Å². The first kappa shape index (κ1) is 14.8. The second-order valence-electron chi connectivity index (χ2n) is 5.04. The summed E-state index contributed by atoms with van der Waals surface area (Å²) in [5.74, 6) is 0. The molecule has 0 aliphatic rings. The summed E-state index contributed by atoms with van der Waals surface area (Å²) in [4.78, 5) is 0. The first-order valence-corrected chi connectivity index (χ1v) is 7.63. The van der Waals surface area contributed by atoms with E-state index in [-0.39, 0.29) is 0 Å². The van der Waals surface area contributed by atoms with E-state index in [1.165, 1.54) is 0 Å². The van der Waals surface area contributed by atoms with Crippen LogP contribution in [0, 0.1) is 6.92 Å². The molecule has 5 heteroatoms. The van der Waals surface area contributed by atoms with E-state index in [4.69, 9.17) is 5.73 Å². The minimum absolute atomic E-state index is 0.456. The van der Waals surface area contributed by atoms with Gasteiger partial charge in [0.2, 0.25) is 0 Å². The quantitative estimate of drug-likeness (QED) is 0.874. The second kappa shape index (κ2) is 5.38. The minimum Gasteiger partial charge on any atom is -0.321 e. The topological polar surface area (TPSA) is 43.8 Å². The fourth-order valence-electron chi connectivity index (χ4n) is 2.24. The van der Waals surface area contributed by atoms with Crippen LogP contribution in [-0.4, -0.2) is 9.78 Å². The summed E-state index contributed by atoms with van der Waals surface area (Å²) >= 11 is 7.17. The summed E-state index contributed by atoms with van der Waals surface area (Å²) in [6.07, 6.45) is 0.716. The summed E-state index contributed by atoms with van der Waals surface area (Å²) < 4.78 is 3.97. The van der Waals surface area contributed by atoms with E-state index >= 15 is 0 Å². The van der Waals surface area contributed by atoms with Crippen molar-refractivity contribution in [3.05, 3.63) is 50.2 Å². The lowest BCUT2D eigenvalue weighted by Gasteiger charge is -2.26. The highest BCUT2D eigenvalue weighted by atomic mass is 79.9. The van der Waals surface area contributed by atoms with E-state index in [1.807, 2.05) is 43.8 Å². The van der Waals surface area contributed by atoms with Crippen LogP contribution in [-0.2, 0) is 19.0 Å². The van der Waals surface area contributed by atoms with E-state index < -0.39 is 5.54 Å². The van der Waals surface area contributed by atoms with Gasteiger partial charge in [0.15, 0.2) is 0 Å². The summed E-state index contributed by atoms with van der Waals surface area (Å²) in [5, 5.41) is 4.41. The van der Waals surface area contributed by atoms with Crippen molar-refractivity contribution in [3.63, 3.8) is 0 Å². The molecule has 1 aromatic heterocycles. The van der Waals surface area contributed by atoms with Crippen LogP contribution >= 0.6 is 31.9 Å². The zero-order valence-electron chi connectivity index (χ0n) is 11.2. The molecule has 1 unspecified atom stereocenters. The van der Waals surface area contributed by atoms with Crippen molar-refractivity contribution in [1.82, 2.24) is 9.78 Å². The van der Waals surface area contributed by atoms with Crippen molar-refractivity contribution in [2.45, 2.75) is 25.8 Å². The fourth-order valence-corrected chi connectivity index (χ4v) is 3.45. The van der Waals surface area contributed by atoms with E-state index in [0.717, 1.165) is 25.9 Å². The van der Waals surface area contributed by atoms with Gasteiger partial charge in [0.25, 0.3) is 0 Å². The third-order valence-electron chi connectivity index (χ3n) is 3.29. The number of aryl methyl sites for hydroxylation is 2. The van der Waals surface area contributed by atoms with E-state index in [1.54, 1.807) is 0 Å². The van der Waals surface area contributed by atoms with Gasteiger partial charge in [-0.05, 0) is 41.4 Å². The lowest BCUT2D eigenvalue weighted by atomic mass is 9.88. The molecule has 19 heavy (non-hydrogen) atoms. The highest BCUT2D eigenvalue weighted by Gasteiger charge is 2.27. The number of hydrogen-bond acceptors (Lipinski definition) is 2. The van der Waals surface area contributed by atoms with Crippen LogP contribution in [0.1, 0.15) is 23.9 Å². The van der Waals surface area contributed by atoms with Gasteiger partial charge in [0.05, 0.1) is 15.9 Å². The molecule has 2 rings (SSSR count). The minimum atomic E-state index is -0.456. The maximum atomic E-state index is 6.53. The Balaban J connectivity index is 2.39. The normalized spacial score (nSPS) is 14.4. The van der Waals surface area contributed by atoms with Gasteiger partial charge in [-0.15, -0.1) is 0 Å². The Bertz CT molecular complexity index is 603. The van der Waals surface area contributed by atoms with Crippen LogP contribution in [0.2, 0.25) is 0 Å². The van der Waals surface area contributed by atoms with Crippen molar-refractivity contribution >= 4 is 31.9 Å². The molecule has 102 valence electrons. The number of hydrogen-bond donors (Lipinski definition) is 1. The standard InChI is InChI=1S/C14H17Br2N3/c1-9-13(16)12(19(3)18-9)8-14(2,17)10-6-4-5-7-11(10)15/h4-7H,8,17H2,1-3H3. The number of benzene rings is 1. The highest BCUT2D eigenvalue weighted by molar-refractivity contribution is 9.10. The zero-order valence-corrected chi connectivity index (χ0v) is 14.4. The van der Waals surface area contributed by atoms with Crippen LogP contribution in [0.3, 0.4) is 0 Å². The fraction of sp³-hybridized carbons (Fsp3) is 0.357. The third-order valence-corrected chi connectivity index (χ3v) is 5.01. The van der Waals surface area contributed by atoms with E-state index in [9.17, 15) is 0 Å². The predicted molar refractivity (Wildman–Crippen MR) is 85.0 cm³/mol. The Morgan fingerprint density at radius 1 is 1.32 bits per heavy atom. The van der Waals surface area contributed by atoms with E-state index in [2.05, 4.69) is 43.0 Å². The summed E-state index contributed by atoms with van der Waals surface area (Å²) in [5.41, 5.74) is 9.26. The highest BCUT2D eigenvalue weighted by Crippen LogP contribution is 2.32. The second-order valence-corrected chi connectivity index (χ2v) is 6.69. The third kappa shape index (κ3) is 2.93. The van der Waals surface area contributed by atoms with Gasteiger partial charge >= 0.3 is 0 Å². The molecule has 2 N–H and O–H groups in total. The Morgan fingerprint density at radius 3 is 2.47 bits per heavy atom. The maximum absolute atomic E-state index is 6.53. The smallest absolute Gasteiger partial charge is 0.0738 e. The van der Waals surface area contributed by atoms with Gasteiger partial charge in [0, 0.05) is 23.5 Å². The maximum Gasteiger partial charge on any atom is 0.0738 e. The average molecular weight is 387 g/mol. The molecule has 2 aromatic rings. The molecule has 0 spiro atoms. The van der Waals surface area contributed by atoms with Crippen molar-refractivity contribution in [1.29, 1.82) is 0 Å². The molecule has 0 aliphatic heterocycles. The molecular formula is C14H17Br2N3. The van der Waals surface area contributed by atoms with Crippen molar-refractivity contribution < 1.29 is 0 Å². The Hall–Kier alpha value is -0.650. The zero-order chi connectivity index (χ0) is 14.2. The van der Waals surface area contributed by atoms with Crippen LogP contribution in [0.4, 0.5) is 0 Å². The first-order valence-electron chi connectivity index (χ1n) is 6.05. The molecule has 0 bridgehead atoms. The average Bonchev–Trinajstić information content (AvgIpc) is 2.56. The van der Waals surface area contributed by atoms with Gasteiger partial charge in [-0.3, -0.25) is 4.68 Å². The molecule has 0 radical (unpaired) electrons. The number of nitrogens with two attached hydrogens (primary N) is 1.